The van der Waals surface area contributed by atoms with Crippen molar-refractivity contribution in [2.24, 2.45) is 0 Å². The van der Waals surface area contributed by atoms with E-state index < -0.39 is 10.0 Å². The van der Waals surface area contributed by atoms with Gasteiger partial charge in [0.05, 0.1) is 6.20 Å². The summed E-state index contributed by atoms with van der Waals surface area (Å²) in [6.45, 7) is 7.61. The molecule has 0 fully saturated rings. The van der Waals surface area contributed by atoms with Crippen LogP contribution in [0.5, 0.6) is 0 Å². The van der Waals surface area contributed by atoms with Crippen molar-refractivity contribution in [1.82, 2.24) is 20.2 Å². The summed E-state index contributed by atoms with van der Waals surface area (Å²) in [6, 6.07) is 1.72. The van der Waals surface area contributed by atoms with E-state index in [0.29, 0.717) is 10.8 Å². The molecule has 2 aromatic rings. The van der Waals surface area contributed by atoms with Crippen LogP contribution in [0, 0.1) is 13.8 Å². The zero-order chi connectivity index (χ0) is 15.5. The van der Waals surface area contributed by atoms with Gasteiger partial charge in [0.15, 0.2) is 0 Å². The van der Waals surface area contributed by atoms with Crippen molar-refractivity contribution in [3.05, 3.63) is 34.0 Å². The minimum atomic E-state index is -3.48. The van der Waals surface area contributed by atoms with E-state index in [9.17, 15) is 8.42 Å². The van der Waals surface area contributed by atoms with E-state index in [1.807, 2.05) is 20.8 Å². The molecular weight excluding hydrogens is 308 g/mol. The van der Waals surface area contributed by atoms with Gasteiger partial charge in [0.25, 0.3) is 0 Å². The molecule has 2 aromatic heterocycles. The maximum Gasteiger partial charge on any atom is 0.250 e. The smallest absolute Gasteiger partial charge is 0.250 e. The number of thiophene rings is 1. The number of nitrogens with one attached hydrogen (secondary N) is 3. The molecule has 6 nitrogen and oxygen atoms in total. The number of nitrogens with zero attached hydrogens (tertiary/aromatic N) is 1. The monoisotopic (exact) mass is 328 g/mol. The van der Waals surface area contributed by atoms with Crippen molar-refractivity contribution in [2.45, 2.75) is 38.1 Å². The highest BCUT2D eigenvalue weighted by atomic mass is 32.2. The fraction of sp³-hybridized carbons (Fsp3) is 0.462. The Morgan fingerprint density at radius 2 is 2.10 bits per heavy atom. The van der Waals surface area contributed by atoms with Crippen LogP contribution in [0.1, 0.15) is 28.6 Å². The highest BCUT2D eigenvalue weighted by molar-refractivity contribution is 7.91. The quantitative estimate of drug-likeness (QED) is 0.721. The summed E-state index contributed by atoms with van der Waals surface area (Å²) in [4.78, 5) is 1.05. The number of rotatable bonds is 7. The zero-order valence-corrected chi connectivity index (χ0v) is 14.0. The molecular formula is C13H20N4O2S2. The minimum absolute atomic E-state index is 0.240. The summed E-state index contributed by atoms with van der Waals surface area (Å²) in [5.41, 5.74) is 2.72. The highest BCUT2D eigenvalue weighted by Crippen LogP contribution is 2.26. The van der Waals surface area contributed by atoms with Crippen LogP contribution in [-0.2, 0) is 23.1 Å². The van der Waals surface area contributed by atoms with Crippen LogP contribution in [0.2, 0.25) is 0 Å². The topological polar surface area (TPSA) is 86.9 Å². The zero-order valence-electron chi connectivity index (χ0n) is 12.4. The number of aromatic nitrogens is 2. The number of aryl methyl sites for hydroxylation is 2. The van der Waals surface area contributed by atoms with Crippen molar-refractivity contribution in [3.63, 3.8) is 0 Å². The van der Waals surface area contributed by atoms with Gasteiger partial charge in [0.1, 0.15) is 4.21 Å². The Bertz CT molecular complexity index is 704. The van der Waals surface area contributed by atoms with Crippen molar-refractivity contribution in [3.8, 4) is 0 Å². The van der Waals surface area contributed by atoms with E-state index in [-0.39, 0.29) is 6.54 Å². The maximum absolute atomic E-state index is 12.3. The minimum Gasteiger partial charge on any atom is -0.312 e. The summed E-state index contributed by atoms with van der Waals surface area (Å²) in [6.07, 6.45) is 1.63. The van der Waals surface area contributed by atoms with Gasteiger partial charge in [-0.25, -0.2) is 13.1 Å². The molecule has 2 heterocycles. The second-order valence-electron chi connectivity index (χ2n) is 4.80. The molecule has 0 spiro atoms. The Balaban J connectivity index is 2.10. The third-order valence-electron chi connectivity index (χ3n) is 3.19. The van der Waals surface area contributed by atoms with Gasteiger partial charge >= 0.3 is 0 Å². The molecule has 0 unspecified atom stereocenters. The van der Waals surface area contributed by atoms with Gasteiger partial charge in [-0.2, -0.15) is 5.10 Å². The summed E-state index contributed by atoms with van der Waals surface area (Å²) >= 11 is 1.31. The predicted molar refractivity (Wildman–Crippen MR) is 83.8 cm³/mol. The standard InChI is InChI=1S/C13H20N4O2S2/c1-4-14-8-12-9(2)5-13(20-12)21(18,19)16-7-11-6-15-17-10(11)3/h5-6,14,16H,4,7-8H2,1-3H3,(H,15,17). The van der Waals surface area contributed by atoms with Crippen LogP contribution in [0.4, 0.5) is 0 Å². The third-order valence-corrected chi connectivity index (χ3v) is 6.30. The first kappa shape index (κ1) is 16.2. The largest absolute Gasteiger partial charge is 0.312 e. The Morgan fingerprint density at radius 1 is 1.33 bits per heavy atom. The molecule has 0 atom stereocenters. The number of hydrogen-bond donors (Lipinski definition) is 3. The van der Waals surface area contributed by atoms with Gasteiger partial charge in [-0.05, 0) is 32.0 Å². The average molecular weight is 328 g/mol. The van der Waals surface area contributed by atoms with Crippen LogP contribution < -0.4 is 10.0 Å². The van der Waals surface area contributed by atoms with Crippen LogP contribution in [0.25, 0.3) is 0 Å². The van der Waals surface area contributed by atoms with Gasteiger partial charge in [-0.1, -0.05) is 6.92 Å². The van der Waals surface area contributed by atoms with Crippen LogP contribution >= 0.6 is 11.3 Å². The molecule has 21 heavy (non-hydrogen) atoms. The van der Waals surface area contributed by atoms with Gasteiger partial charge < -0.3 is 5.32 Å². The lowest BCUT2D eigenvalue weighted by Gasteiger charge is -2.03. The predicted octanol–water partition coefficient (Wildman–Crippen LogP) is 1.68. The molecule has 0 saturated heterocycles. The SMILES string of the molecule is CCNCc1sc(S(=O)(=O)NCc2cn[nH]c2C)cc1C. The average Bonchev–Trinajstić information content (AvgIpc) is 3.01. The fourth-order valence-corrected chi connectivity index (χ4v) is 4.44. The molecule has 2 rings (SSSR count). The fourth-order valence-electron chi connectivity index (χ4n) is 1.83. The second kappa shape index (κ2) is 6.69. The maximum atomic E-state index is 12.3. The molecule has 0 aromatic carbocycles. The number of hydrogen-bond acceptors (Lipinski definition) is 5. The normalized spacial score (nSPS) is 12.0. The van der Waals surface area contributed by atoms with Crippen LogP contribution in [0.3, 0.4) is 0 Å². The molecule has 116 valence electrons. The number of H-pyrrole nitrogens is 1. The lowest BCUT2D eigenvalue weighted by atomic mass is 10.3. The van der Waals surface area contributed by atoms with Gasteiger partial charge in [-0.3, -0.25) is 5.10 Å². The lowest BCUT2D eigenvalue weighted by molar-refractivity contribution is 0.583. The first-order valence-corrected chi connectivity index (χ1v) is 9.02. The molecule has 0 radical (unpaired) electrons. The summed E-state index contributed by atoms with van der Waals surface area (Å²) in [7, 11) is -3.48. The van der Waals surface area contributed by atoms with Crippen molar-refractivity contribution < 1.29 is 8.42 Å². The van der Waals surface area contributed by atoms with Crippen molar-refractivity contribution in [1.29, 1.82) is 0 Å². The van der Waals surface area contributed by atoms with E-state index in [4.69, 9.17) is 0 Å². The Kier molecular flexibility index (Phi) is 5.15. The second-order valence-corrected chi connectivity index (χ2v) is 7.93. The molecule has 0 amide bonds. The van der Waals surface area contributed by atoms with Gasteiger partial charge in [-0.15, -0.1) is 11.3 Å². The Hall–Kier alpha value is -1.22. The molecule has 3 N–H and O–H groups in total. The first-order valence-electron chi connectivity index (χ1n) is 6.72. The number of sulfonamides is 1. The van der Waals surface area contributed by atoms with E-state index in [1.165, 1.54) is 11.3 Å². The number of aromatic amines is 1. The van der Waals surface area contributed by atoms with Gasteiger partial charge in [0.2, 0.25) is 10.0 Å². The molecule has 0 bridgehead atoms. The molecule has 8 heteroatoms. The van der Waals surface area contributed by atoms with Crippen molar-refractivity contribution in [2.75, 3.05) is 6.54 Å². The molecule has 0 aliphatic heterocycles. The molecule has 0 aliphatic carbocycles. The van der Waals surface area contributed by atoms with Gasteiger partial charge in [0, 0.05) is 29.2 Å². The van der Waals surface area contributed by atoms with Crippen molar-refractivity contribution >= 4 is 21.4 Å². The van der Waals surface area contributed by atoms with E-state index in [2.05, 4.69) is 20.2 Å². The first-order chi connectivity index (χ1) is 9.94. The third kappa shape index (κ3) is 3.91. The Morgan fingerprint density at radius 3 is 2.71 bits per heavy atom. The van der Waals surface area contributed by atoms with E-state index >= 15 is 0 Å². The summed E-state index contributed by atoms with van der Waals surface area (Å²) in [5.74, 6) is 0. The van der Waals surface area contributed by atoms with E-state index in [0.717, 1.165) is 28.2 Å². The molecule has 0 aliphatic rings. The summed E-state index contributed by atoms with van der Waals surface area (Å²) in [5, 5.41) is 9.89. The van der Waals surface area contributed by atoms with Crippen LogP contribution in [0.15, 0.2) is 16.5 Å². The van der Waals surface area contributed by atoms with Crippen LogP contribution in [-0.4, -0.2) is 25.2 Å². The summed E-state index contributed by atoms with van der Waals surface area (Å²) < 4.78 is 27.6. The highest BCUT2D eigenvalue weighted by Gasteiger charge is 2.19. The Labute approximate surface area is 129 Å². The lowest BCUT2D eigenvalue weighted by Crippen LogP contribution is -2.22. The van der Waals surface area contributed by atoms with E-state index in [1.54, 1.807) is 12.3 Å². The molecule has 0 saturated carbocycles.